The van der Waals surface area contributed by atoms with Crippen molar-refractivity contribution in [2.75, 3.05) is 19.7 Å². The van der Waals surface area contributed by atoms with E-state index in [9.17, 15) is 4.79 Å². The molecule has 1 fully saturated rings. The minimum atomic E-state index is 0.0277. The molecule has 1 saturated heterocycles. The van der Waals surface area contributed by atoms with Crippen LogP contribution in [0.25, 0.3) is 11.3 Å². The number of aromatic nitrogens is 2. The van der Waals surface area contributed by atoms with Gasteiger partial charge in [0.1, 0.15) is 5.69 Å². The quantitative estimate of drug-likeness (QED) is 0.681. The lowest BCUT2D eigenvalue weighted by Gasteiger charge is -2.32. The number of ether oxygens (including phenoxy) is 1. The van der Waals surface area contributed by atoms with E-state index in [2.05, 4.69) is 19.1 Å². The average Bonchev–Trinajstić information content (AvgIpc) is 3.18. The Bertz CT molecular complexity index is 922. The normalized spacial score (nSPS) is 16.9. The summed E-state index contributed by atoms with van der Waals surface area (Å²) in [6, 6.07) is 20.1. The van der Waals surface area contributed by atoms with Gasteiger partial charge >= 0.3 is 0 Å². The number of carbonyl (C=O) groups is 1. The summed E-state index contributed by atoms with van der Waals surface area (Å²) in [5.41, 5.74) is 3.50. The van der Waals surface area contributed by atoms with E-state index in [4.69, 9.17) is 9.84 Å². The zero-order chi connectivity index (χ0) is 19.3. The van der Waals surface area contributed by atoms with Crippen molar-refractivity contribution in [2.24, 2.45) is 0 Å². The van der Waals surface area contributed by atoms with Crippen LogP contribution in [0.15, 0.2) is 66.9 Å². The van der Waals surface area contributed by atoms with Crippen LogP contribution in [0, 0.1) is 0 Å². The van der Waals surface area contributed by atoms with E-state index in [1.165, 1.54) is 0 Å². The molecule has 1 amide bonds. The first kappa shape index (κ1) is 18.4. The minimum Gasteiger partial charge on any atom is -0.375 e. The fraction of sp³-hybridized carbons (Fsp3) is 0.304. The molecule has 0 N–H and O–H groups in total. The van der Waals surface area contributed by atoms with Gasteiger partial charge in [-0.15, -0.1) is 0 Å². The van der Waals surface area contributed by atoms with Gasteiger partial charge in [-0.1, -0.05) is 67.6 Å². The van der Waals surface area contributed by atoms with Crippen molar-refractivity contribution in [2.45, 2.75) is 26.0 Å². The fourth-order valence-electron chi connectivity index (χ4n) is 3.56. The molecule has 3 aromatic rings. The second-order valence-corrected chi connectivity index (χ2v) is 7.09. The smallest absolute Gasteiger partial charge is 0.257 e. The molecule has 1 aliphatic rings. The molecule has 1 aliphatic heterocycles. The third kappa shape index (κ3) is 3.99. The molecule has 0 unspecified atom stereocenters. The third-order valence-electron chi connectivity index (χ3n) is 5.11. The van der Waals surface area contributed by atoms with Crippen LogP contribution in [-0.4, -0.2) is 46.4 Å². The number of benzene rings is 2. The number of rotatable bonds is 5. The van der Waals surface area contributed by atoms with Crippen molar-refractivity contribution < 1.29 is 9.53 Å². The van der Waals surface area contributed by atoms with Crippen molar-refractivity contribution >= 4 is 5.91 Å². The lowest BCUT2D eigenvalue weighted by atomic mass is 10.1. The Labute approximate surface area is 165 Å². The van der Waals surface area contributed by atoms with E-state index in [1.807, 2.05) is 64.3 Å². The number of nitrogens with zero attached hydrogens (tertiary/aromatic N) is 3. The van der Waals surface area contributed by atoms with Gasteiger partial charge in [0.05, 0.1) is 24.8 Å². The first-order valence-electron chi connectivity index (χ1n) is 9.82. The summed E-state index contributed by atoms with van der Waals surface area (Å²) in [6.07, 6.45) is 2.90. The van der Waals surface area contributed by atoms with Gasteiger partial charge in [-0.3, -0.25) is 9.48 Å². The zero-order valence-electron chi connectivity index (χ0n) is 16.1. The van der Waals surface area contributed by atoms with E-state index < -0.39 is 0 Å². The molecule has 4 rings (SSSR count). The summed E-state index contributed by atoms with van der Waals surface area (Å²) in [5, 5.41) is 4.77. The molecule has 0 spiro atoms. The predicted octanol–water partition coefficient (Wildman–Crippen LogP) is 3.85. The number of amides is 1. The van der Waals surface area contributed by atoms with E-state index in [1.54, 1.807) is 0 Å². The Kier molecular flexibility index (Phi) is 5.53. The maximum Gasteiger partial charge on any atom is 0.257 e. The van der Waals surface area contributed by atoms with E-state index >= 15 is 0 Å². The summed E-state index contributed by atoms with van der Waals surface area (Å²) in [4.78, 5) is 15.2. The Morgan fingerprint density at radius 3 is 2.54 bits per heavy atom. The first-order chi connectivity index (χ1) is 13.7. The Morgan fingerprint density at radius 2 is 1.82 bits per heavy atom. The van der Waals surface area contributed by atoms with Crippen LogP contribution in [0.2, 0.25) is 0 Å². The van der Waals surface area contributed by atoms with Gasteiger partial charge in [-0.05, 0) is 12.0 Å². The summed E-state index contributed by atoms with van der Waals surface area (Å²) in [5.74, 6) is 0.0277. The second-order valence-electron chi connectivity index (χ2n) is 7.09. The van der Waals surface area contributed by atoms with Gasteiger partial charge in [0.15, 0.2) is 0 Å². The summed E-state index contributed by atoms with van der Waals surface area (Å²) in [6.45, 7) is 4.56. The van der Waals surface area contributed by atoms with Crippen LogP contribution >= 0.6 is 0 Å². The van der Waals surface area contributed by atoms with Crippen LogP contribution in [0.3, 0.4) is 0 Å². The molecular weight excluding hydrogens is 350 g/mol. The van der Waals surface area contributed by atoms with Crippen LogP contribution in [0.5, 0.6) is 0 Å². The molecule has 2 aromatic carbocycles. The first-order valence-corrected chi connectivity index (χ1v) is 9.82. The topological polar surface area (TPSA) is 47.4 Å². The van der Waals surface area contributed by atoms with Gasteiger partial charge in [0, 0.05) is 24.8 Å². The maximum absolute atomic E-state index is 13.3. The Hall–Kier alpha value is -2.92. The highest BCUT2D eigenvalue weighted by molar-refractivity contribution is 5.99. The van der Waals surface area contributed by atoms with Crippen LogP contribution in [0.4, 0.5) is 0 Å². The third-order valence-corrected chi connectivity index (χ3v) is 5.11. The number of morpholine rings is 1. The van der Waals surface area contributed by atoms with Crippen molar-refractivity contribution in [1.82, 2.24) is 14.7 Å². The molecule has 5 heteroatoms. The Balaban J connectivity index is 1.67. The number of hydrogen-bond donors (Lipinski definition) is 0. The average molecular weight is 375 g/mol. The molecule has 1 atom stereocenters. The molecule has 0 radical (unpaired) electrons. The molecule has 0 aliphatic carbocycles. The maximum atomic E-state index is 13.3. The SMILES string of the molecule is CC[C@@H]1CN(C(=O)c2cn(Cc3ccccc3)nc2-c2ccccc2)CCO1. The van der Waals surface area contributed by atoms with Gasteiger partial charge in [-0.25, -0.2) is 0 Å². The molecule has 0 bridgehead atoms. The molecule has 0 saturated carbocycles. The summed E-state index contributed by atoms with van der Waals surface area (Å²) < 4.78 is 7.59. The molecule has 28 heavy (non-hydrogen) atoms. The van der Waals surface area contributed by atoms with Crippen LogP contribution < -0.4 is 0 Å². The van der Waals surface area contributed by atoms with Crippen molar-refractivity contribution in [3.63, 3.8) is 0 Å². The van der Waals surface area contributed by atoms with Crippen molar-refractivity contribution in [3.05, 3.63) is 78.0 Å². The summed E-state index contributed by atoms with van der Waals surface area (Å²) >= 11 is 0. The summed E-state index contributed by atoms with van der Waals surface area (Å²) in [7, 11) is 0. The van der Waals surface area contributed by atoms with Crippen LogP contribution in [-0.2, 0) is 11.3 Å². The highest BCUT2D eigenvalue weighted by Crippen LogP contribution is 2.24. The zero-order valence-corrected chi connectivity index (χ0v) is 16.1. The predicted molar refractivity (Wildman–Crippen MR) is 109 cm³/mol. The highest BCUT2D eigenvalue weighted by Gasteiger charge is 2.27. The van der Waals surface area contributed by atoms with E-state index in [-0.39, 0.29) is 12.0 Å². The number of carbonyl (C=O) groups excluding carboxylic acids is 1. The largest absolute Gasteiger partial charge is 0.375 e. The molecule has 1 aromatic heterocycles. The highest BCUT2D eigenvalue weighted by atomic mass is 16.5. The van der Waals surface area contributed by atoms with Crippen molar-refractivity contribution in [3.8, 4) is 11.3 Å². The molecule has 5 nitrogen and oxygen atoms in total. The molecule has 144 valence electrons. The molecule has 2 heterocycles. The van der Waals surface area contributed by atoms with Crippen molar-refractivity contribution in [1.29, 1.82) is 0 Å². The van der Waals surface area contributed by atoms with Gasteiger partial charge in [0.25, 0.3) is 5.91 Å². The lowest BCUT2D eigenvalue weighted by molar-refractivity contribution is -0.0226. The Morgan fingerprint density at radius 1 is 1.11 bits per heavy atom. The monoisotopic (exact) mass is 375 g/mol. The van der Waals surface area contributed by atoms with Gasteiger partial charge < -0.3 is 9.64 Å². The van der Waals surface area contributed by atoms with E-state index in [0.717, 1.165) is 23.2 Å². The van der Waals surface area contributed by atoms with Gasteiger partial charge in [-0.2, -0.15) is 5.10 Å². The second kappa shape index (κ2) is 8.40. The fourth-order valence-corrected chi connectivity index (χ4v) is 3.56. The lowest BCUT2D eigenvalue weighted by Crippen LogP contribution is -2.45. The van der Waals surface area contributed by atoms with E-state index in [0.29, 0.717) is 31.8 Å². The molecular formula is C23H25N3O2. The van der Waals surface area contributed by atoms with Gasteiger partial charge in [0.2, 0.25) is 0 Å². The minimum absolute atomic E-state index is 0.0277. The van der Waals surface area contributed by atoms with Crippen LogP contribution in [0.1, 0.15) is 29.3 Å². The standard InChI is InChI=1S/C23H25N3O2/c1-2-20-16-25(13-14-28-20)23(27)21-17-26(15-18-9-5-3-6-10-18)24-22(21)19-11-7-4-8-12-19/h3-12,17,20H,2,13-16H2,1H3/t20-/m1/s1. The number of hydrogen-bond acceptors (Lipinski definition) is 3.